The van der Waals surface area contributed by atoms with Gasteiger partial charge in [-0.05, 0) is 35.9 Å². The molecule has 31 heavy (non-hydrogen) atoms. The van der Waals surface area contributed by atoms with Crippen molar-refractivity contribution in [1.82, 2.24) is 9.88 Å². The van der Waals surface area contributed by atoms with E-state index in [1.807, 2.05) is 30.3 Å². The molecule has 0 spiro atoms. The molecule has 1 unspecified atom stereocenters. The minimum absolute atomic E-state index is 0.0683. The number of anilines is 1. The molecule has 3 aromatic rings. The topological polar surface area (TPSA) is 79.4 Å². The van der Waals surface area contributed by atoms with Gasteiger partial charge < -0.3 is 10.2 Å². The zero-order valence-electron chi connectivity index (χ0n) is 17.0. The number of aromatic nitrogens is 1. The second-order valence-electron chi connectivity index (χ2n) is 6.73. The SMILES string of the molecule is C=CC(Nc1cccnc1)S(=O)(=O)c1ccccc1C(=O)N(C)C=Cc1ccccc1. The Labute approximate surface area is 182 Å². The van der Waals surface area contributed by atoms with Crippen LogP contribution in [0, 0.1) is 0 Å². The normalized spacial score (nSPS) is 12.3. The number of carbonyl (C=O) groups excluding carboxylic acids is 1. The lowest BCUT2D eigenvalue weighted by Gasteiger charge is -2.20. The van der Waals surface area contributed by atoms with E-state index in [0.29, 0.717) is 5.69 Å². The summed E-state index contributed by atoms with van der Waals surface area (Å²) in [4.78, 5) is 18.3. The monoisotopic (exact) mass is 433 g/mol. The average molecular weight is 434 g/mol. The number of hydrogen-bond donors (Lipinski definition) is 1. The van der Waals surface area contributed by atoms with Crippen molar-refractivity contribution in [3.05, 3.63) is 109 Å². The number of nitrogens with zero attached hydrogens (tertiary/aromatic N) is 2. The first-order valence-corrected chi connectivity index (χ1v) is 11.1. The number of nitrogens with one attached hydrogen (secondary N) is 1. The summed E-state index contributed by atoms with van der Waals surface area (Å²) >= 11 is 0. The molecular weight excluding hydrogens is 410 g/mol. The molecule has 0 bridgehead atoms. The quantitative estimate of drug-likeness (QED) is 0.538. The Bertz CT molecular complexity index is 1180. The largest absolute Gasteiger partial charge is 0.364 e. The van der Waals surface area contributed by atoms with Crippen molar-refractivity contribution in [2.75, 3.05) is 12.4 Å². The molecule has 3 rings (SSSR count). The molecule has 0 saturated heterocycles. The third-order valence-electron chi connectivity index (χ3n) is 4.55. The van der Waals surface area contributed by atoms with Gasteiger partial charge in [0.05, 0.1) is 16.1 Å². The first-order valence-electron chi connectivity index (χ1n) is 9.56. The maximum Gasteiger partial charge on any atom is 0.258 e. The van der Waals surface area contributed by atoms with Crippen molar-refractivity contribution in [3.8, 4) is 0 Å². The molecule has 2 aromatic carbocycles. The van der Waals surface area contributed by atoms with Crippen LogP contribution < -0.4 is 5.32 Å². The molecule has 0 aliphatic rings. The zero-order chi connectivity index (χ0) is 22.3. The fraction of sp³-hybridized carbons (Fsp3) is 0.0833. The van der Waals surface area contributed by atoms with E-state index in [1.165, 1.54) is 29.3 Å². The lowest BCUT2D eigenvalue weighted by Crippen LogP contribution is -2.30. The summed E-state index contributed by atoms with van der Waals surface area (Å²) in [6.07, 6.45) is 7.80. The second kappa shape index (κ2) is 9.86. The van der Waals surface area contributed by atoms with Gasteiger partial charge in [-0.3, -0.25) is 9.78 Å². The second-order valence-corrected chi connectivity index (χ2v) is 8.76. The number of hydrogen-bond acceptors (Lipinski definition) is 5. The Morgan fingerprint density at radius 2 is 1.77 bits per heavy atom. The Balaban J connectivity index is 1.90. The summed E-state index contributed by atoms with van der Waals surface area (Å²) in [6.45, 7) is 3.65. The predicted octanol–water partition coefficient (Wildman–Crippen LogP) is 4.22. The number of benzene rings is 2. The smallest absolute Gasteiger partial charge is 0.258 e. The molecule has 0 aliphatic carbocycles. The van der Waals surface area contributed by atoms with Crippen LogP contribution in [0.4, 0.5) is 5.69 Å². The van der Waals surface area contributed by atoms with Crippen LogP contribution in [0.1, 0.15) is 15.9 Å². The summed E-state index contributed by atoms with van der Waals surface area (Å²) in [5.41, 5.74) is 1.54. The highest BCUT2D eigenvalue weighted by molar-refractivity contribution is 7.92. The molecule has 1 aromatic heterocycles. The van der Waals surface area contributed by atoms with E-state index in [4.69, 9.17) is 0 Å². The lowest BCUT2D eigenvalue weighted by atomic mass is 10.2. The maximum atomic E-state index is 13.4. The van der Waals surface area contributed by atoms with Crippen molar-refractivity contribution in [1.29, 1.82) is 0 Å². The molecule has 158 valence electrons. The van der Waals surface area contributed by atoms with Gasteiger partial charge in [0.15, 0.2) is 5.37 Å². The Hall–Kier alpha value is -3.71. The van der Waals surface area contributed by atoms with E-state index in [9.17, 15) is 13.2 Å². The van der Waals surface area contributed by atoms with Crippen LogP contribution in [0.25, 0.3) is 6.08 Å². The van der Waals surface area contributed by atoms with Gasteiger partial charge in [0.2, 0.25) is 9.84 Å². The van der Waals surface area contributed by atoms with Gasteiger partial charge in [-0.25, -0.2) is 8.42 Å². The molecule has 6 nitrogen and oxygen atoms in total. The van der Waals surface area contributed by atoms with Crippen LogP contribution >= 0.6 is 0 Å². The van der Waals surface area contributed by atoms with Gasteiger partial charge in [0, 0.05) is 25.6 Å². The van der Waals surface area contributed by atoms with Gasteiger partial charge in [0.1, 0.15) is 0 Å². The van der Waals surface area contributed by atoms with E-state index in [1.54, 1.807) is 49.8 Å². The Morgan fingerprint density at radius 3 is 2.45 bits per heavy atom. The van der Waals surface area contributed by atoms with E-state index >= 15 is 0 Å². The highest BCUT2D eigenvalue weighted by atomic mass is 32.2. The van der Waals surface area contributed by atoms with Crippen LogP contribution in [0.2, 0.25) is 0 Å². The van der Waals surface area contributed by atoms with Crippen LogP contribution in [0.5, 0.6) is 0 Å². The van der Waals surface area contributed by atoms with Gasteiger partial charge >= 0.3 is 0 Å². The molecule has 1 amide bonds. The van der Waals surface area contributed by atoms with Crippen LogP contribution in [0.3, 0.4) is 0 Å². The standard InChI is InChI=1S/C24H23N3O3S/c1-3-23(26-20-12-9-16-25-18-20)31(29,30)22-14-8-7-13-21(22)24(28)27(2)17-15-19-10-5-4-6-11-19/h3-18,23,26H,1H2,2H3. The van der Waals surface area contributed by atoms with Crippen molar-refractivity contribution in [2.45, 2.75) is 10.3 Å². The third-order valence-corrected chi connectivity index (χ3v) is 6.50. The van der Waals surface area contributed by atoms with Crippen LogP contribution in [0.15, 0.2) is 103 Å². The fourth-order valence-electron chi connectivity index (χ4n) is 2.92. The fourth-order valence-corrected chi connectivity index (χ4v) is 4.47. The average Bonchev–Trinajstić information content (AvgIpc) is 2.81. The van der Waals surface area contributed by atoms with E-state index in [2.05, 4.69) is 16.9 Å². The first-order chi connectivity index (χ1) is 14.9. The summed E-state index contributed by atoms with van der Waals surface area (Å²) < 4.78 is 26.7. The highest BCUT2D eigenvalue weighted by Crippen LogP contribution is 2.24. The number of sulfone groups is 1. The molecule has 1 atom stereocenters. The van der Waals surface area contributed by atoms with Gasteiger partial charge in [0.25, 0.3) is 5.91 Å². The number of rotatable bonds is 8. The number of pyridine rings is 1. The van der Waals surface area contributed by atoms with E-state index in [0.717, 1.165) is 5.56 Å². The predicted molar refractivity (Wildman–Crippen MR) is 123 cm³/mol. The third kappa shape index (κ3) is 5.26. The molecule has 7 heteroatoms. The van der Waals surface area contributed by atoms with Crippen molar-refractivity contribution >= 4 is 27.5 Å². The maximum absolute atomic E-state index is 13.4. The molecule has 0 radical (unpaired) electrons. The van der Waals surface area contributed by atoms with Crippen molar-refractivity contribution in [3.63, 3.8) is 0 Å². The zero-order valence-corrected chi connectivity index (χ0v) is 17.9. The molecule has 1 heterocycles. The summed E-state index contributed by atoms with van der Waals surface area (Å²) in [5.74, 6) is -0.435. The Morgan fingerprint density at radius 1 is 1.06 bits per heavy atom. The number of carbonyl (C=O) groups is 1. The number of amides is 1. The lowest BCUT2D eigenvalue weighted by molar-refractivity contribution is 0.0847. The van der Waals surface area contributed by atoms with E-state index in [-0.39, 0.29) is 10.5 Å². The summed E-state index contributed by atoms with van der Waals surface area (Å²) in [5, 5.41) is 1.77. The molecule has 0 aliphatic heterocycles. The highest BCUT2D eigenvalue weighted by Gasteiger charge is 2.30. The van der Waals surface area contributed by atoms with Gasteiger partial charge in [-0.2, -0.15) is 0 Å². The summed E-state index contributed by atoms with van der Waals surface area (Å²) in [6, 6.07) is 19.1. The van der Waals surface area contributed by atoms with Crippen molar-refractivity contribution in [2.24, 2.45) is 0 Å². The minimum Gasteiger partial charge on any atom is -0.364 e. The minimum atomic E-state index is -3.95. The van der Waals surface area contributed by atoms with E-state index < -0.39 is 21.1 Å². The molecule has 0 saturated carbocycles. The van der Waals surface area contributed by atoms with Gasteiger partial charge in [-0.15, -0.1) is 0 Å². The summed E-state index contributed by atoms with van der Waals surface area (Å²) in [7, 11) is -2.37. The van der Waals surface area contributed by atoms with Gasteiger partial charge in [-0.1, -0.05) is 55.1 Å². The first kappa shape index (κ1) is 22.0. The molecule has 0 fully saturated rings. The van der Waals surface area contributed by atoms with Crippen LogP contribution in [-0.2, 0) is 9.84 Å². The van der Waals surface area contributed by atoms with Crippen LogP contribution in [-0.4, -0.2) is 36.6 Å². The Kier molecular flexibility index (Phi) is 6.99. The molecular formula is C24H23N3O3S. The molecule has 1 N–H and O–H groups in total. The van der Waals surface area contributed by atoms with Crippen molar-refractivity contribution < 1.29 is 13.2 Å².